The van der Waals surface area contributed by atoms with Crippen molar-refractivity contribution in [1.29, 1.82) is 0 Å². The minimum atomic E-state index is -0.0698. The third kappa shape index (κ3) is 3.23. The van der Waals surface area contributed by atoms with E-state index < -0.39 is 0 Å². The van der Waals surface area contributed by atoms with Crippen molar-refractivity contribution in [3.8, 4) is 0 Å². The van der Waals surface area contributed by atoms with Gasteiger partial charge in [0.05, 0.1) is 18.0 Å². The highest BCUT2D eigenvalue weighted by atomic mass is 16.1. The topological polar surface area (TPSA) is 66.9 Å². The third-order valence-electron chi connectivity index (χ3n) is 3.33. The number of amides is 1. The van der Waals surface area contributed by atoms with Crippen molar-refractivity contribution in [2.24, 2.45) is 5.41 Å². The van der Waals surface area contributed by atoms with Crippen LogP contribution in [0, 0.1) is 5.41 Å². The molecule has 1 aliphatic rings. The zero-order valence-electron chi connectivity index (χ0n) is 10.1. The van der Waals surface area contributed by atoms with Crippen LogP contribution in [0.25, 0.3) is 0 Å². The van der Waals surface area contributed by atoms with Gasteiger partial charge in [-0.3, -0.25) is 4.79 Å². The molecule has 1 amide bonds. The fourth-order valence-corrected chi connectivity index (χ4v) is 2.03. The van der Waals surface area contributed by atoms with Crippen LogP contribution in [0.3, 0.4) is 0 Å². The van der Waals surface area contributed by atoms with Gasteiger partial charge in [-0.2, -0.15) is 10.2 Å². The molecule has 2 N–H and O–H groups in total. The second-order valence-electron chi connectivity index (χ2n) is 4.87. The highest BCUT2D eigenvalue weighted by molar-refractivity contribution is 5.93. The maximum atomic E-state index is 11.8. The number of nitrogens with zero attached hydrogens (tertiary/aromatic N) is 2. The van der Waals surface area contributed by atoms with Gasteiger partial charge in [0.2, 0.25) is 0 Å². The highest BCUT2D eigenvalue weighted by Crippen LogP contribution is 2.26. The SMILES string of the molecule is CC1(CNC(=O)c2ccnnc2)CCNCC1. The molecule has 0 atom stereocenters. The normalized spacial score (nSPS) is 18.6. The van der Waals surface area contributed by atoms with Crippen LogP contribution in [0.15, 0.2) is 18.5 Å². The van der Waals surface area contributed by atoms with Crippen LogP contribution in [0.4, 0.5) is 0 Å². The van der Waals surface area contributed by atoms with Crippen molar-refractivity contribution in [2.45, 2.75) is 19.8 Å². The van der Waals surface area contributed by atoms with Crippen LogP contribution in [0.2, 0.25) is 0 Å². The van der Waals surface area contributed by atoms with E-state index in [1.54, 1.807) is 6.07 Å². The fraction of sp³-hybridized carbons (Fsp3) is 0.583. The molecule has 0 saturated carbocycles. The van der Waals surface area contributed by atoms with Gasteiger partial charge in [-0.25, -0.2) is 0 Å². The van der Waals surface area contributed by atoms with Gasteiger partial charge in [-0.1, -0.05) is 6.92 Å². The zero-order chi connectivity index (χ0) is 12.1. The number of carbonyl (C=O) groups is 1. The lowest BCUT2D eigenvalue weighted by Gasteiger charge is -2.34. The van der Waals surface area contributed by atoms with Crippen molar-refractivity contribution in [1.82, 2.24) is 20.8 Å². The smallest absolute Gasteiger partial charge is 0.252 e. The molecule has 1 fully saturated rings. The number of piperidine rings is 1. The number of carbonyl (C=O) groups excluding carboxylic acids is 1. The molecule has 0 spiro atoms. The van der Waals surface area contributed by atoms with E-state index in [0.29, 0.717) is 5.56 Å². The van der Waals surface area contributed by atoms with Crippen molar-refractivity contribution in [2.75, 3.05) is 19.6 Å². The van der Waals surface area contributed by atoms with E-state index in [9.17, 15) is 4.79 Å². The highest BCUT2D eigenvalue weighted by Gasteiger charge is 2.27. The molecule has 0 aliphatic carbocycles. The number of rotatable bonds is 3. The molecule has 1 aromatic heterocycles. The van der Waals surface area contributed by atoms with E-state index in [1.165, 1.54) is 12.4 Å². The van der Waals surface area contributed by atoms with E-state index >= 15 is 0 Å². The molecule has 5 heteroatoms. The molecule has 1 aromatic rings. The molecule has 2 rings (SSSR count). The van der Waals surface area contributed by atoms with Crippen molar-refractivity contribution >= 4 is 5.91 Å². The van der Waals surface area contributed by atoms with Crippen LogP contribution < -0.4 is 10.6 Å². The van der Waals surface area contributed by atoms with Crippen LogP contribution in [0.5, 0.6) is 0 Å². The average molecular weight is 234 g/mol. The predicted molar refractivity (Wildman–Crippen MR) is 64.6 cm³/mol. The summed E-state index contributed by atoms with van der Waals surface area (Å²) in [5.41, 5.74) is 0.777. The molecule has 0 unspecified atom stereocenters. The molecular formula is C12H18N4O. The largest absolute Gasteiger partial charge is 0.351 e. The van der Waals surface area contributed by atoms with Crippen molar-refractivity contribution in [3.05, 3.63) is 24.0 Å². The Hall–Kier alpha value is -1.49. The zero-order valence-corrected chi connectivity index (χ0v) is 10.1. The number of hydrogen-bond donors (Lipinski definition) is 2. The molecule has 1 saturated heterocycles. The van der Waals surface area contributed by atoms with Crippen LogP contribution in [0.1, 0.15) is 30.1 Å². The molecule has 2 heterocycles. The van der Waals surface area contributed by atoms with Gasteiger partial charge in [0, 0.05) is 6.54 Å². The Labute approximate surface area is 101 Å². The average Bonchev–Trinajstić information content (AvgIpc) is 2.38. The lowest BCUT2D eigenvalue weighted by molar-refractivity contribution is 0.0921. The Morgan fingerprint density at radius 3 is 2.88 bits per heavy atom. The standard InChI is InChI=1S/C12H18N4O/c1-12(3-6-13-7-4-12)9-14-11(17)10-2-5-15-16-8-10/h2,5,8,13H,3-4,6-7,9H2,1H3,(H,14,17). The molecule has 92 valence electrons. The lowest BCUT2D eigenvalue weighted by Crippen LogP contribution is -2.42. The first kappa shape index (κ1) is 12.0. The van der Waals surface area contributed by atoms with Gasteiger partial charge >= 0.3 is 0 Å². The summed E-state index contributed by atoms with van der Waals surface area (Å²) >= 11 is 0. The van der Waals surface area contributed by atoms with E-state index in [0.717, 1.165) is 32.5 Å². The lowest BCUT2D eigenvalue weighted by atomic mass is 9.81. The van der Waals surface area contributed by atoms with Gasteiger partial charge in [0.15, 0.2) is 0 Å². The van der Waals surface area contributed by atoms with E-state index in [2.05, 4.69) is 27.8 Å². The molecule has 0 radical (unpaired) electrons. The summed E-state index contributed by atoms with van der Waals surface area (Å²) in [7, 11) is 0. The van der Waals surface area contributed by atoms with Gasteiger partial charge in [-0.05, 0) is 37.4 Å². The van der Waals surface area contributed by atoms with Crippen LogP contribution >= 0.6 is 0 Å². The summed E-state index contributed by atoms with van der Waals surface area (Å²) in [5.74, 6) is -0.0698. The number of nitrogens with one attached hydrogen (secondary N) is 2. The first-order chi connectivity index (χ1) is 8.20. The van der Waals surface area contributed by atoms with Crippen molar-refractivity contribution in [3.63, 3.8) is 0 Å². The summed E-state index contributed by atoms with van der Waals surface area (Å²) in [6, 6.07) is 1.67. The Morgan fingerprint density at radius 1 is 1.47 bits per heavy atom. The Kier molecular flexibility index (Phi) is 3.68. The monoisotopic (exact) mass is 234 g/mol. The molecule has 17 heavy (non-hydrogen) atoms. The Balaban J connectivity index is 1.87. The third-order valence-corrected chi connectivity index (χ3v) is 3.33. The second-order valence-corrected chi connectivity index (χ2v) is 4.87. The Bertz CT molecular complexity index is 373. The van der Waals surface area contributed by atoms with E-state index in [1.807, 2.05) is 0 Å². The van der Waals surface area contributed by atoms with Crippen LogP contribution in [-0.2, 0) is 0 Å². The minimum Gasteiger partial charge on any atom is -0.351 e. The molecule has 5 nitrogen and oxygen atoms in total. The quantitative estimate of drug-likeness (QED) is 0.803. The van der Waals surface area contributed by atoms with E-state index in [4.69, 9.17) is 0 Å². The van der Waals surface area contributed by atoms with Gasteiger partial charge < -0.3 is 10.6 Å². The van der Waals surface area contributed by atoms with Gasteiger partial charge in [-0.15, -0.1) is 0 Å². The maximum Gasteiger partial charge on any atom is 0.252 e. The molecule has 0 bridgehead atoms. The summed E-state index contributed by atoms with van der Waals surface area (Å²) in [4.78, 5) is 11.8. The molecule has 0 aromatic carbocycles. The minimum absolute atomic E-state index is 0.0698. The fourth-order valence-electron chi connectivity index (χ4n) is 2.03. The van der Waals surface area contributed by atoms with E-state index in [-0.39, 0.29) is 11.3 Å². The predicted octanol–water partition coefficient (Wildman–Crippen LogP) is 0.596. The van der Waals surface area contributed by atoms with Crippen molar-refractivity contribution < 1.29 is 4.79 Å². The van der Waals surface area contributed by atoms with Gasteiger partial charge in [0.1, 0.15) is 0 Å². The summed E-state index contributed by atoms with van der Waals surface area (Å²) in [5, 5.41) is 13.7. The summed E-state index contributed by atoms with van der Waals surface area (Å²) < 4.78 is 0. The molecule has 1 aliphatic heterocycles. The first-order valence-electron chi connectivity index (χ1n) is 5.95. The summed E-state index contributed by atoms with van der Waals surface area (Å²) in [6.45, 7) is 5.00. The summed E-state index contributed by atoms with van der Waals surface area (Å²) in [6.07, 6.45) is 5.21. The maximum absolute atomic E-state index is 11.8. The van der Waals surface area contributed by atoms with Gasteiger partial charge in [0.25, 0.3) is 5.91 Å². The number of aromatic nitrogens is 2. The number of hydrogen-bond acceptors (Lipinski definition) is 4. The second kappa shape index (κ2) is 5.23. The molecular weight excluding hydrogens is 216 g/mol. The Morgan fingerprint density at radius 2 is 2.24 bits per heavy atom. The first-order valence-corrected chi connectivity index (χ1v) is 5.95. The van der Waals surface area contributed by atoms with Crippen LogP contribution in [-0.4, -0.2) is 35.7 Å².